The van der Waals surface area contributed by atoms with Crippen molar-refractivity contribution in [2.45, 2.75) is 37.9 Å². The second-order valence-electron chi connectivity index (χ2n) is 4.05. The topological polar surface area (TPSA) is 77.5 Å². The van der Waals surface area contributed by atoms with Gasteiger partial charge in [0.1, 0.15) is 5.25 Å². The molecule has 1 heterocycles. The second kappa shape index (κ2) is 5.46. The summed E-state index contributed by atoms with van der Waals surface area (Å²) in [6, 6.07) is 0. The van der Waals surface area contributed by atoms with Crippen LogP contribution in [0.1, 0.15) is 32.6 Å². The van der Waals surface area contributed by atoms with Gasteiger partial charge in [-0.2, -0.15) is 8.42 Å². The third kappa shape index (κ3) is 4.03. The van der Waals surface area contributed by atoms with Crippen LogP contribution in [0.5, 0.6) is 0 Å². The Balaban J connectivity index is 2.46. The third-order valence-electron chi connectivity index (χ3n) is 2.59. The fraction of sp³-hybridized carbons (Fsp3) is 1.00. The van der Waals surface area contributed by atoms with Crippen LogP contribution in [0.25, 0.3) is 0 Å². The van der Waals surface area contributed by atoms with Gasteiger partial charge in [-0.25, -0.2) is 8.42 Å². The van der Waals surface area contributed by atoms with E-state index in [0.29, 0.717) is 6.42 Å². The van der Waals surface area contributed by atoms with Gasteiger partial charge in [-0.05, 0) is 12.8 Å². The molecule has 1 aliphatic heterocycles. The van der Waals surface area contributed by atoms with Crippen LogP contribution in [0.2, 0.25) is 0 Å². The van der Waals surface area contributed by atoms with Gasteiger partial charge < -0.3 is 0 Å². The van der Waals surface area contributed by atoms with E-state index in [-0.39, 0.29) is 24.5 Å². The normalized spacial score (nSPS) is 24.7. The first-order valence-corrected chi connectivity index (χ1v) is 8.75. The molecule has 1 aliphatic rings. The quantitative estimate of drug-likeness (QED) is 0.525. The number of sulfone groups is 1. The van der Waals surface area contributed by atoms with Crippen LogP contribution in [0.4, 0.5) is 0 Å². The molecule has 0 bridgehead atoms. The zero-order valence-electron chi connectivity index (χ0n) is 9.38. The Labute approximate surface area is 97.2 Å². The molecule has 0 spiro atoms. The van der Waals surface area contributed by atoms with E-state index >= 15 is 0 Å². The minimum absolute atomic E-state index is 0.0464. The van der Waals surface area contributed by atoms with Crippen molar-refractivity contribution in [3.63, 3.8) is 0 Å². The molecule has 16 heavy (non-hydrogen) atoms. The molecule has 0 unspecified atom stereocenters. The summed E-state index contributed by atoms with van der Waals surface area (Å²) in [4.78, 5) is 0. The van der Waals surface area contributed by atoms with Gasteiger partial charge >= 0.3 is 0 Å². The van der Waals surface area contributed by atoms with Crippen LogP contribution in [0.15, 0.2) is 0 Å². The fourth-order valence-electron chi connectivity index (χ4n) is 1.61. The molecule has 1 atom stereocenters. The van der Waals surface area contributed by atoms with E-state index in [2.05, 4.69) is 0 Å². The van der Waals surface area contributed by atoms with Crippen molar-refractivity contribution in [3.05, 3.63) is 0 Å². The molecule has 96 valence electrons. The predicted octanol–water partition coefficient (Wildman–Crippen LogP) is 0.710. The molecular weight excluding hydrogens is 252 g/mol. The maximum Gasteiger partial charge on any atom is 0.271 e. The summed E-state index contributed by atoms with van der Waals surface area (Å²) >= 11 is 0. The maximum absolute atomic E-state index is 11.6. The highest BCUT2D eigenvalue weighted by atomic mass is 32.2. The summed E-state index contributed by atoms with van der Waals surface area (Å²) in [5.74, 6) is -0.335. The molecule has 0 aromatic heterocycles. The first kappa shape index (κ1) is 13.9. The molecule has 0 saturated carbocycles. The van der Waals surface area contributed by atoms with Crippen LogP contribution in [0.3, 0.4) is 0 Å². The third-order valence-corrected chi connectivity index (χ3v) is 6.29. The Kier molecular flexibility index (Phi) is 4.75. The van der Waals surface area contributed by atoms with E-state index in [9.17, 15) is 16.8 Å². The van der Waals surface area contributed by atoms with Gasteiger partial charge in [0, 0.05) is 0 Å². The first-order chi connectivity index (χ1) is 7.37. The van der Waals surface area contributed by atoms with Crippen molar-refractivity contribution in [1.29, 1.82) is 0 Å². The second-order valence-corrected chi connectivity index (χ2v) is 8.16. The molecule has 1 rings (SSSR count). The van der Waals surface area contributed by atoms with E-state index < -0.39 is 25.2 Å². The Morgan fingerprint density at radius 1 is 1.31 bits per heavy atom. The fourth-order valence-corrected chi connectivity index (χ4v) is 5.54. The van der Waals surface area contributed by atoms with E-state index in [0.717, 1.165) is 12.8 Å². The van der Waals surface area contributed by atoms with Gasteiger partial charge in [0.2, 0.25) is 0 Å². The van der Waals surface area contributed by atoms with Gasteiger partial charge in [-0.1, -0.05) is 19.8 Å². The summed E-state index contributed by atoms with van der Waals surface area (Å²) in [6.07, 6.45) is 2.76. The lowest BCUT2D eigenvalue weighted by Gasteiger charge is -2.09. The van der Waals surface area contributed by atoms with Crippen molar-refractivity contribution in [1.82, 2.24) is 0 Å². The molecule has 0 N–H and O–H groups in total. The molecule has 7 heteroatoms. The SMILES string of the molecule is CCCCCOS(=O)(=O)[C@H]1CCS(=O)(=O)C1. The van der Waals surface area contributed by atoms with E-state index in [1.54, 1.807) is 0 Å². The van der Waals surface area contributed by atoms with Crippen molar-refractivity contribution >= 4 is 20.0 Å². The first-order valence-electron chi connectivity index (χ1n) is 5.46. The average Bonchev–Trinajstić information content (AvgIpc) is 2.54. The molecule has 0 aromatic carbocycles. The van der Waals surface area contributed by atoms with Gasteiger partial charge in [-0.3, -0.25) is 4.18 Å². The van der Waals surface area contributed by atoms with Crippen LogP contribution >= 0.6 is 0 Å². The van der Waals surface area contributed by atoms with Crippen LogP contribution < -0.4 is 0 Å². The molecular formula is C9H18O5S2. The standard InChI is InChI=1S/C9H18O5S2/c1-2-3-4-6-14-16(12,13)9-5-7-15(10,11)8-9/h9H,2-8H2,1H3/t9-/m0/s1. The Hall–Kier alpha value is -0.140. The molecule has 0 radical (unpaired) electrons. The molecule has 0 aromatic rings. The van der Waals surface area contributed by atoms with E-state index in [1.165, 1.54) is 0 Å². The lowest BCUT2D eigenvalue weighted by Crippen LogP contribution is -2.25. The highest BCUT2D eigenvalue weighted by Gasteiger charge is 2.37. The number of unbranched alkanes of at least 4 members (excludes halogenated alkanes) is 2. The molecule has 0 aliphatic carbocycles. The lowest BCUT2D eigenvalue weighted by atomic mass is 10.3. The van der Waals surface area contributed by atoms with E-state index in [1.807, 2.05) is 6.92 Å². The van der Waals surface area contributed by atoms with Crippen LogP contribution in [0, 0.1) is 0 Å². The largest absolute Gasteiger partial charge is 0.271 e. The summed E-state index contributed by atoms with van der Waals surface area (Å²) in [7, 11) is -6.86. The molecule has 5 nitrogen and oxygen atoms in total. The number of hydrogen-bond acceptors (Lipinski definition) is 5. The lowest BCUT2D eigenvalue weighted by molar-refractivity contribution is 0.303. The smallest absolute Gasteiger partial charge is 0.270 e. The minimum Gasteiger partial charge on any atom is -0.270 e. The van der Waals surface area contributed by atoms with Crippen molar-refractivity contribution < 1.29 is 21.0 Å². The van der Waals surface area contributed by atoms with Gasteiger partial charge in [0.05, 0.1) is 18.1 Å². The van der Waals surface area contributed by atoms with Gasteiger partial charge in [0.15, 0.2) is 9.84 Å². The van der Waals surface area contributed by atoms with Crippen LogP contribution in [-0.2, 0) is 24.1 Å². The Morgan fingerprint density at radius 2 is 2.00 bits per heavy atom. The van der Waals surface area contributed by atoms with Crippen molar-refractivity contribution in [2.24, 2.45) is 0 Å². The minimum atomic E-state index is -3.69. The van der Waals surface area contributed by atoms with Crippen molar-refractivity contribution in [2.75, 3.05) is 18.1 Å². The molecule has 1 fully saturated rings. The maximum atomic E-state index is 11.6. The summed E-state index contributed by atoms with van der Waals surface area (Å²) in [5.41, 5.74) is 0. The summed E-state index contributed by atoms with van der Waals surface area (Å²) in [6.45, 7) is 2.17. The summed E-state index contributed by atoms with van der Waals surface area (Å²) in [5, 5.41) is -0.862. The zero-order valence-corrected chi connectivity index (χ0v) is 11.0. The monoisotopic (exact) mass is 270 g/mol. The zero-order chi connectivity index (χ0) is 12.2. The highest BCUT2D eigenvalue weighted by molar-refractivity contribution is 7.94. The van der Waals surface area contributed by atoms with E-state index in [4.69, 9.17) is 4.18 Å². The number of hydrogen-bond donors (Lipinski definition) is 0. The average molecular weight is 270 g/mol. The Bertz CT molecular complexity index is 409. The van der Waals surface area contributed by atoms with Crippen molar-refractivity contribution in [3.8, 4) is 0 Å². The number of rotatable bonds is 6. The summed E-state index contributed by atoms with van der Waals surface area (Å²) < 4.78 is 50.3. The predicted molar refractivity (Wildman–Crippen MR) is 61.5 cm³/mol. The molecule has 1 saturated heterocycles. The Morgan fingerprint density at radius 3 is 2.50 bits per heavy atom. The van der Waals surface area contributed by atoms with Crippen LogP contribution in [-0.4, -0.2) is 40.2 Å². The van der Waals surface area contributed by atoms with Gasteiger partial charge in [-0.15, -0.1) is 0 Å². The highest BCUT2D eigenvalue weighted by Crippen LogP contribution is 2.20. The molecule has 0 amide bonds. The van der Waals surface area contributed by atoms with Gasteiger partial charge in [0.25, 0.3) is 10.1 Å².